The monoisotopic (exact) mass is 916 g/mol. The van der Waals surface area contributed by atoms with Gasteiger partial charge in [-0.1, -0.05) is 164 Å². The van der Waals surface area contributed by atoms with E-state index in [2.05, 4.69) is 203 Å². The molecule has 13 aromatic rings. The average Bonchev–Trinajstić information content (AvgIpc) is 3.97. The molecule has 0 aliphatic rings. The van der Waals surface area contributed by atoms with Crippen LogP contribution in [0.15, 0.2) is 243 Å². The van der Waals surface area contributed by atoms with E-state index in [9.17, 15) is 10.5 Å². The van der Waals surface area contributed by atoms with E-state index in [0.29, 0.717) is 17.0 Å². The van der Waals surface area contributed by atoms with E-state index in [4.69, 9.17) is 9.97 Å². The van der Waals surface area contributed by atoms with Gasteiger partial charge in [0.1, 0.15) is 0 Å². The predicted molar refractivity (Wildman–Crippen MR) is 293 cm³/mol. The lowest BCUT2D eigenvalue weighted by molar-refractivity contribution is 1.15. The van der Waals surface area contributed by atoms with E-state index in [1.165, 1.54) is 10.8 Å². The Morgan fingerprint density at radius 2 is 0.722 bits per heavy atom. The fourth-order valence-corrected chi connectivity index (χ4v) is 10.5. The van der Waals surface area contributed by atoms with Gasteiger partial charge in [0.2, 0.25) is 0 Å². The smallest absolute Gasteiger partial charge is 0.161 e. The molecule has 0 fully saturated rings. The van der Waals surface area contributed by atoms with Gasteiger partial charge in [-0.05, 0) is 101 Å². The first-order valence-corrected chi connectivity index (χ1v) is 23.9. The molecule has 0 atom stereocenters. The summed E-state index contributed by atoms with van der Waals surface area (Å²) in [4.78, 5) is 10.9. The molecule has 3 aromatic heterocycles. The van der Waals surface area contributed by atoms with Gasteiger partial charge in [-0.2, -0.15) is 10.5 Å². The summed E-state index contributed by atoms with van der Waals surface area (Å²) in [6, 6.07) is 88.7. The molecule has 6 nitrogen and oxygen atoms in total. The van der Waals surface area contributed by atoms with Gasteiger partial charge in [-0.15, -0.1) is 0 Å². The summed E-state index contributed by atoms with van der Waals surface area (Å²) in [5.41, 5.74) is 18.2. The van der Waals surface area contributed by atoms with Crippen LogP contribution in [0.3, 0.4) is 0 Å². The normalized spacial score (nSPS) is 11.3. The Kier molecular flexibility index (Phi) is 10.2. The first kappa shape index (κ1) is 42.0. The quantitative estimate of drug-likeness (QED) is 0.152. The minimum Gasteiger partial charge on any atom is -0.309 e. The molecule has 0 amide bonds. The van der Waals surface area contributed by atoms with Crippen LogP contribution in [0.4, 0.5) is 0 Å². The highest BCUT2D eigenvalue weighted by Crippen LogP contribution is 2.46. The van der Waals surface area contributed by atoms with E-state index in [0.717, 1.165) is 106 Å². The number of nitriles is 2. The van der Waals surface area contributed by atoms with Crippen LogP contribution in [-0.4, -0.2) is 19.1 Å². The van der Waals surface area contributed by atoms with Crippen LogP contribution in [0, 0.1) is 22.7 Å². The van der Waals surface area contributed by atoms with Gasteiger partial charge in [-0.3, -0.25) is 0 Å². The van der Waals surface area contributed by atoms with Crippen LogP contribution >= 0.6 is 0 Å². The third-order valence-electron chi connectivity index (χ3n) is 13.8. The third-order valence-corrected chi connectivity index (χ3v) is 13.8. The molecule has 0 N–H and O–H groups in total. The minimum atomic E-state index is 0.607. The van der Waals surface area contributed by atoms with Crippen LogP contribution in [0.5, 0.6) is 0 Å². The topological polar surface area (TPSA) is 83.2 Å². The van der Waals surface area contributed by atoms with Crippen molar-refractivity contribution in [3.05, 3.63) is 254 Å². The number of para-hydroxylation sites is 3. The van der Waals surface area contributed by atoms with Gasteiger partial charge in [0, 0.05) is 49.4 Å². The maximum Gasteiger partial charge on any atom is 0.161 e. The molecule has 0 spiro atoms. The first-order chi connectivity index (χ1) is 35.6. The molecule has 0 saturated heterocycles. The molecule has 10 aromatic carbocycles. The van der Waals surface area contributed by atoms with Crippen LogP contribution in [-0.2, 0) is 0 Å². The molecule has 0 saturated carbocycles. The highest BCUT2D eigenvalue weighted by Gasteiger charge is 2.25. The molecule has 6 heteroatoms. The van der Waals surface area contributed by atoms with Crippen molar-refractivity contribution in [3.63, 3.8) is 0 Å². The number of hydrogen-bond acceptors (Lipinski definition) is 4. The highest BCUT2D eigenvalue weighted by molar-refractivity contribution is 6.13. The molecule has 0 bridgehead atoms. The van der Waals surface area contributed by atoms with Gasteiger partial charge in [0.25, 0.3) is 0 Å². The second-order valence-electron chi connectivity index (χ2n) is 18.0. The van der Waals surface area contributed by atoms with Crippen molar-refractivity contribution >= 4 is 43.6 Å². The molecule has 0 unspecified atom stereocenters. The molecule has 0 aliphatic carbocycles. The molecule has 0 radical (unpaired) electrons. The maximum atomic E-state index is 9.63. The van der Waals surface area contributed by atoms with E-state index < -0.39 is 0 Å². The molecule has 3 heterocycles. The van der Waals surface area contributed by atoms with Crippen molar-refractivity contribution in [2.24, 2.45) is 0 Å². The summed E-state index contributed by atoms with van der Waals surface area (Å²) in [5.74, 6) is 0.607. The lowest BCUT2D eigenvalue weighted by atomic mass is 9.94. The molecular weight excluding hydrogens is 877 g/mol. The maximum absolute atomic E-state index is 9.63. The van der Waals surface area contributed by atoms with Crippen molar-refractivity contribution in [2.75, 3.05) is 0 Å². The van der Waals surface area contributed by atoms with Crippen LogP contribution in [0.2, 0.25) is 0 Å². The second kappa shape index (κ2) is 17.4. The molecule has 13 rings (SSSR count). The average molecular weight is 917 g/mol. The summed E-state index contributed by atoms with van der Waals surface area (Å²) in [6.07, 6.45) is 0. The SMILES string of the molecule is N#Cc1ccc(-c2ccc3c(c2)c2cc(-c4ccc(C#N)cc4)ccc2n3-c2cccc(-c3nc(-c4ccccc4)cc(-c4ccccc4)n3)c2-c2ccccc2-n2c3ccccc3c3ccccc32)cc1. The summed E-state index contributed by atoms with van der Waals surface area (Å²) in [5, 5.41) is 23.8. The number of hydrogen-bond donors (Lipinski definition) is 0. The lowest BCUT2D eigenvalue weighted by Crippen LogP contribution is -2.04. The van der Waals surface area contributed by atoms with Crippen molar-refractivity contribution in [3.8, 4) is 90.8 Å². The van der Waals surface area contributed by atoms with Gasteiger partial charge in [0.15, 0.2) is 5.82 Å². The number of fused-ring (bicyclic) bond motifs is 6. The van der Waals surface area contributed by atoms with E-state index in [-0.39, 0.29) is 0 Å². The number of nitrogens with zero attached hydrogens (tertiary/aromatic N) is 6. The van der Waals surface area contributed by atoms with E-state index in [1.807, 2.05) is 60.7 Å². The fourth-order valence-electron chi connectivity index (χ4n) is 10.5. The number of benzene rings is 10. The van der Waals surface area contributed by atoms with Gasteiger partial charge < -0.3 is 9.13 Å². The van der Waals surface area contributed by atoms with Gasteiger partial charge in [-0.25, -0.2) is 9.97 Å². The fraction of sp³-hybridized carbons (Fsp3) is 0. The van der Waals surface area contributed by atoms with Crippen molar-refractivity contribution in [2.45, 2.75) is 0 Å². The van der Waals surface area contributed by atoms with Crippen LogP contribution in [0.1, 0.15) is 11.1 Å². The minimum absolute atomic E-state index is 0.607. The molecule has 334 valence electrons. The zero-order valence-corrected chi connectivity index (χ0v) is 38.8. The highest BCUT2D eigenvalue weighted by atomic mass is 15.0. The number of aromatic nitrogens is 4. The predicted octanol–water partition coefficient (Wildman–Crippen LogP) is 16.4. The number of rotatable bonds is 8. The van der Waals surface area contributed by atoms with Gasteiger partial charge in [0.05, 0.1) is 68.1 Å². The summed E-state index contributed by atoms with van der Waals surface area (Å²) >= 11 is 0. The van der Waals surface area contributed by atoms with Crippen molar-refractivity contribution in [1.29, 1.82) is 10.5 Å². The van der Waals surface area contributed by atoms with E-state index >= 15 is 0 Å². The second-order valence-corrected chi connectivity index (χ2v) is 18.0. The molecular formula is C66H40N6. The molecule has 72 heavy (non-hydrogen) atoms. The summed E-state index contributed by atoms with van der Waals surface area (Å²) < 4.78 is 4.80. The largest absolute Gasteiger partial charge is 0.309 e. The van der Waals surface area contributed by atoms with Crippen LogP contribution in [0.25, 0.3) is 122 Å². The Morgan fingerprint density at radius 1 is 0.306 bits per heavy atom. The Balaban J connectivity index is 1.14. The Labute approximate surface area is 415 Å². The Bertz CT molecular complexity index is 4100. The zero-order valence-electron chi connectivity index (χ0n) is 38.8. The lowest BCUT2D eigenvalue weighted by Gasteiger charge is -2.21. The summed E-state index contributed by atoms with van der Waals surface area (Å²) in [6.45, 7) is 0. The van der Waals surface area contributed by atoms with Gasteiger partial charge >= 0.3 is 0 Å². The van der Waals surface area contributed by atoms with Crippen molar-refractivity contribution < 1.29 is 0 Å². The van der Waals surface area contributed by atoms with E-state index in [1.54, 1.807) is 0 Å². The molecule has 0 aliphatic heterocycles. The zero-order chi connectivity index (χ0) is 48.1. The Hall–Kier alpha value is -10.1. The first-order valence-electron chi connectivity index (χ1n) is 23.9. The van der Waals surface area contributed by atoms with Crippen molar-refractivity contribution in [1.82, 2.24) is 19.1 Å². The standard InChI is InChI=1S/C66H40N6/c67-41-43-26-30-45(31-27-43)49-34-36-62-55(38-49)56-39-50(46-32-28-44(42-68)29-33-46)35-37-63(56)72(62)64-25-13-21-54(66-69-57(47-14-3-1-4-15-47)40-58(70-66)48-16-5-2-6-17-48)65(64)53-20-9-12-24-61(53)71-59-22-10-7-18-51(59)52-19-8-11-23-60(52)71/h1-40H. The third kappa shape index (κ3) is 7.10. The van der Waals surface area contributed by atoms with Crippen LogP contribution < -0.4 is 0 Å². The summed E-state index contributed by atoms with van der Waals surface area (Å²) in [7, 11) is 0. The Morgan fingerprint density at radius 3 is 1.25 bits per heavy atom.